The Balaban J connectivity index is 1.43. The van der Waals surface area contributed by atoms with Gasteiger partial charge >= 0.3 is 0 Å². The fourth-order valence-corrected chi connectivity index (χ4v) is 5.56. The molecule has 2 aliphatic rings. The molecule has 4 rings (SSSR count). The molecule has 0 bridgehead atoms. The molecule has 2 aliphatic heterocycles. The van der Waals surface area contributed by atoms with Gasteiger partial charge in [-0.2, -0.15) is 0 Å². The Morgan fingerprint density at radius 3 is 2.78 bits per heavy atom. The van der Waals surface area contributed by atoms with E-state index in [0.717, 1.165) is 41.3 Å². The van der Waals surface area contributed by atoms with Crippen molar-refractivity contribution in [1.29, 1.82) is 0 Å². The van der Waals surface area contributed by atoms with Gasteiger partial charge in [0.05, 0.1) is 37.7 Å². The summed E-state index contributed by atoms with van der Waals surface area (Å²) in [5, 5.41) is 6.20. The number of hydrogen-bond acceptors (Lipinski definition) is 8. The molecular formula is C31H45N5O5. The van der Waals surface area contributed by atoms with E-state index in [4.69, 9.17) is 19.2 Å². The van der Waals surface area contributed by atoms with Crippen molar-refractivity contribution in [3.8, 4) is 5.75 Å². The Kier molecular flexibility index (Phi) is 10.7. The van der Waals surface area contributed by atoms with Gasteiger partial charge in [-0.25, -0.2) is 0 Å². The van der Waals surface area contributed by atoms with Crippen LogP contribution < -0.4 is 20.3 Å². The highest BCUT2D eigenvalue weighted by molar-refractivity contribution is 5.97. The fourth-order valence-electron chi connectivity index (χ4n) is 5.56. The average Bonchev–Trinajstić information content (AvgIpc) is 3.20. The second-order valence-electron chi connectivity index (χ2n) is 11.7. The van der Waals surface area contributed by atoms with Gasteiger partial charge < -0.3 is 29.7 Å². The number of nitrogens with zero attached hydrogens (tertiary/aromatic N) is 3. The van der Waals surface area contributed by atoms with Crippen molar-refractivity contribution in [2.45, 2.75) is 51.6 Å². The number of amides is 2. The van der Waals surface area contributed by atoms with Crippen molar-refractivity contribution in [2.24, 2.45) is 0 Å². The maximum atomic E-state index is 13.7. The van der Waals surface area contributed by atoms with Crippen LogP contribution in [0.15, 0.2) is 36.5 Å². The van der Waals surface area contributed by atoms with Gasteiger partial charge in [0, 0.05) is 70.3 Å². The Bertz CT molecular complexity index is 1190. The molecule has 0 aliphatic carbocycles. The standard InChI is InChI=1S/C31H45N5O5/c1-22-18-35(26(17-33-22)20-39-5)19-29(38)36-21-31(3,4)30-27(36)15-24(16-34-30)14-25-8-6-7-9-28(25)41-13-12-40-11-10-32-23(2)37/h6-9,15-16,22,26,33H,10-14,17-21H2,1-5H3,(H,32,37)/t22-,26-/m1/s1. The van der Waals surface area contributed by atoms with Gasteiger partial charge in [-0.05, 0) is 30.2 Å². The molecule has 1 aromatic heterocycles. The van der Waals surface area contributed by atoms with E-state index in [1.165, 1.54) is 6.92 Å². The SMILES string of the molecule is COC[C@H]1CN[C@H](C)CN1CC(=O)N1CC(C)(C)c2ncc(Cc3ccccc3OCCOCCNC(C)=O)cc21. The van der Waals surface area contributed by atoms with Crippen LogP contribution in [-0.4, -0.2) is 100 Å². The number of aromatic nitrogens is 1. The first-order chi connectivity index (χ1) is 19.7. The normalized spacial score (nSPS) is 20.1. The monoisotopic (exact) mass is 567 g/mol. The predicted octanol–water partition coefficient (Wildman–Crippen LogP) is 2.14. The van der Waals surface area contributed by atoms with Crippen LogP contribution in [0, 0.1) is 0 Å². The molecular weight excluding hydrogens is 522 g/mol. The van der Waals surface area contributed by atoms with Gasteiger partial charge in [0.1, 0.15) is 12.4 Å². The minimum absolute atomic E-state index is 0.0687. The van der Waals surface area contributed by atoms with E-state index in [1.807, 2.05) is 29.3 Å². The number of methoxy groups -OCH3 is 1. The van der Waals surface area contributed by atoms with Crippen molar-refractivity contribution in [1.82, 2.24) is 20.5 Å². The first-order valence-corrected chi connectivity index (χ1v) is 14.5. The number of carbonyl (C=O) groups is 2. The average molecular weight is 568 g/mol. The third-order valence-corrected chi connectivity index (χ3v) is 7.61. The third kappa shape index (κ3) is 8.25. The number of fused-ring (bicyclic) bond motifs is 1. The lowest BCUT2D eigenvalue weighted by atomic mass is 9.91. The molecule has 2 aromatic rings. The Morgan fingerprint density at radius 2 is 2.00 bits per heavy atom. The van der Waals surface area contributed by atoms with E-state index in [9.17, 15) is 9.59 Å². The van der Waals surface area contributed by atoms with E-state index in [0.29, 0.717) is 58.5 Å². The molecule has 2 atom stereocenters. The summed E-state index contributed by atoms with van der Waals surface area (Å²) in [4.78, 5) is 33.7. The number of para-hydroxylation sites is 1. The van der Waals surface area contributed by atoms with E-state index >= 15 is 0 Å². The highest BCUT2D eigenvalue weighted by Crippen LogP contribution is 2.40. The van der Waals surface area contributed by atoms with Crippen LogP contribution >= 0.6 is 0 Å². The number of rotatable bonds is 13. The van der Waals surface area contributed by atoms with Crippen molar-refractivity contribution < 1.29 is 23.8 Å². The van der Waals surface area contributed by atoms with E-state index in [-0.39, 0.29) is 23.3 Å². The lowest BCUT2D eigenvalue weighted by Crippen LogP contribution is -2.59. The minimum Gasteiger partial charge on any atom is -0.491 e. The molecule has 41 heavy (non-hydrogen) atoms. The summed E-state index contributed by atoms with van der Waals surface area (Å²) in [6.45, 7) is 12.8. The van der Waals surface area contributed by atoms with Gasteiger partial charge in [-0.1, -0.05) is 32.0 Å². The first kappa shape index (κ1) is 30.9. The van der Waals surface area contributed by atoms with Gasteiger partial charge in [-0.15, -0.1) is 0 Å². The number of piperazine rings is 1. The Labute approximate surface area is 243 Å². The number of anilines is 1. The van der Waals surface area contributed by atoms with Crippen molar-refractivity contribution in [2.75, 3.05) is 71.2 Å². The predicted molar refractivity (Wildman–Crippen MR) is 159 cm³/mol. The van der Waals surface area contributed by atoms with Gasteiger partial charge in [0.2, 0.25) is 11.8 Å². The summed E-state index contributed by atoms with van der Waals surface area (Å²) in [7, 11) is 1.71. The maximum absolute atomic E-state index is 13.7. The smallest absolute Gasteiger partial charge is 0.241 e. The second kappa shape index (κ2) is 14.2. The van der Waals surface area contributed by atoms with Crippen LogP contribution in [0.3, 0.4) is 0 Å². The summed E-state index contributed by atoms with van der Waals surface area (Å²) in [6, 6.07) is 10.6. The molecule has 0 radical (unpaired) electrons. The fraction of sp³-hybridized carbons (Fsp3) is 0.581. The van der Waals surface area contributed by atoms with Crippen LogP contribution in [-0.2, 0) is 30.9 Å². The van der Waals surface area contributed by atoms with Crippen LogP contribution in [0.1, 0.15) is 44.5 Å². The molecule has 10 heteroatoms. The summed E-state index contributed by atoms with van der Waals surface area (Å²) in [5.74, 6) is 0.817. The van der Waals surface area contributed by atoms with Gasteiger partial charge in [0.15, 0.2) is 0 Å². The number of hydrogen-bond donors (Lipinski definition) is 2. The minimum atomic E-state index is -0.229. The molecule has 0 unspecified atom stereocenters. The quantitative estimate of drug-likeness (QED) is 0.355. The molecule has 10 nitrogen and oxygen atoms in total. The molecule has 3 heterocycles. The maximum Gasteiger partial charge on any atom is 0.241 e. The summed E-state index contributed by atoms with van der Waals surface area (Å²) >= 11 is 0. The van der Waals surface area contributed by atoms with Crippen molar-refractivity contribution in [3.63, 3.8) is 0 Å². The van der Waals surface area contributed by atoms with Crippen molar-refractivity contribution in [3.05, 3.63) is 53.3 Å². The Morgan fingerprint density at radius 1 is 1.20 bits per heavy atom. The molecule has 0 saturated carbocycles. The number of ether oxygens (including phenoxy) is 3. The van der Waals surface area contributed by atoms with Crippen LogP contribution in [0.5, 0.6) is 5.75 Å². The van der Waals surface area contributed by atoms with E-state index in [2.05, 4.69) is 48.4 Å². The third-order valence-electron chi connectivity index (χ3n) is 7.61. The molecule has 2 N–H and O–H groups in total. The largest absolute Gasteiger partial charge is 0.491 e. The number of nitrogens with one attached hydrogen (secondary N) is 2. The summed E-state index contributed by atoms with van der Waals surface area (Å²) < 4.78 is 17.0. The molecule has 1 aromatic carbocycles. The number of benzene rings is 1. The lowest BCUT2D eigenvalue weighted by molar-refractivity contribution is -0.121. The lowest BCUT2D eigenvalue weighted by Gasteiger charge is -2.39. The highest BCUT2D eigenvalue weighted by atomic mass is 16.5. The van der Waals surface area contributed by atoms with E-state index < -0.39 is 0 Å². The zero-order chi connectivity index (χ0) is 29.4. The molecule has 0 spiro atoms. The number of pyridine rings is 1. The van der Waals surface area contributed by atoms with Gasteiger partial charge in [0.25, 0.3) is 0 Å². The topological polar surface area (TPSA) is 105 Å². The van der Waals surface area contributed by atoms with E-state index in [1.54, 1.807) is 7.11 Å². The molecule has 1 saturated heterocycles. The van der Waals surface area contributed by atoms with Crippen LogP contribution in [0.4, 0.5) is 5.69 Å². The summed E-state index contributed by atoms with van der Waals surface area (Å²) in [5.41, 5.74) is 3.69. The molecule has 2 amide bonds. The van der Waals surface area contributed by atoms with Crippen LogP contribution in [0.2, 0.25) is 0 Å². The van der Waals surface area contributed by atoms with Gasteiger partial charge in [-0.3, -0.25) is 19.5 Å². The van der Waals surface area contributed by atoms with Crippen molar-refractivity contribution >= 4 is 17.5 Å². The first-order valence-electron chi connectivity index (χ1n) is 14.5. The second-order valence-corrected chi connectivity index (χ2v) is 11.7. The molecule has 1 fully saturated rings. The summed E-state index contributed by atoms with van der Waals surface area (Å²) in [6.07, 6.45) is 2.55. The Hall–Kier alpha value is -3.05. The zero-order valence-electron chi connectivity index (χ0n) is 25.1. The number of carbonyl (C=O) groups excluding carboxylic acids is 2. The zero-order valence-corrected chi connectivity index (χ0v) is 25.1. The molecule has 224 valence electrons. The highest BCUT2D eigenvalue weighted by Gasteiger charge is 2.40. The van der Waals surface area contributed by atoms with Crippen LogP contribution in [0.25, 0.3) is 0 Å².